The fourth-order valence-corrected chi connectivity index (χ4v) is 4.54. The van der Waals surface area contributed by atoms with Gasteiger partial charge in [0.2, 0.25) is 10.0 Å². The first kappa shape index (κ1) is 14.2. The van der Waals surface area contributed by atoms with Crippen LogP contribution < -0.4 is 5.32 Å². The van der Waals surface area contributed by atoms with Crippen molar-refractivity contribution in [1.82, 2.24) is 9.62 Å². The molecule has 2 aliphatic heterocycles. The molecular weight excluding hydrogens is 298 g/mol. The van der Waals surface area contributed by atoms with Gasteiger partial charge in [-0.1, -0.05) is 0 Å². The third-order valence-electron chi connectivity index (χ3n) is 4.14. The van der Waals surface area contributed by atoms with Gasteiger partial charge in [0, 0.05) is 19.2 Å². The van der Waals surface area contributed by atoms with Gasteiger partial charge in [0.15, 0.2) is 5.75 Å². The van der Waals surface area contributed by atoms with Gasteiger partial charge in [0.1, 0.15) is 0 Å². The van der Waals surface area contributed by atoms with Crippen molar-refractivity contribution in [2.45, 2.75) is 4.90 Å². The highest BCUT2D eigenvalue weighted by Crippen LogP contribution is 2.33. The average molecular weight is 313 g/mol. The van der Waals surface area contributed by atoms with Crippen LogP contribution in [0.4, 0.5) is 5.69 Å². The number of hydrogen-bond acceptors (Lipinski definition) is 6. The predicted octanol–water partition coefficient (Wildman–Crippen LogP) is 0.140. The highest BCUT2D eigenvalue weighted by Gasteiger charge is 2.41. The van der Waals surface area contributed by atoms with E-state index in [2.05, 4.69) is 5.32 Å². The molecule has 0 radical (unpaired) electrons. The molecule has 0 aliphatic carbocycles. The SMILES string of the molecule is O=[N+]([O-])c1cc(S(=O)(=O)N2C[C@H]3CNC[C@H]3C2)ccc1O. The normalized spacial score (nSPS) is 25.9. The van der Waals surface area contributed by atoms with E-state index in [-0.39, 0.29) is 4.90 Å². The summed E-state index contributed by atoms with van der Waals surface area (Å²) in [5.41, 5.74) is -0.600. The Morgan fingerprint density at radius 2 is 1.90 bits per heavy atom. The molecule has 0 aromatic heterocycles. The van der Waals surface area contributed by atoms with Crippen molar-refractivity contribution in [3.8, 4) is 5.75 Å². The van der Waals surface area contributed by atoms with E-state index in [1.807, 2.05) is 0 Å². The highest BCUT2D eigenvalue weighted by atomic mass is 32.2. The first-order valence-corrected chi connectivity index (χ1v) is 8.02. The Morgan fingerprint density at radius 3 is 2.48 bits per heavy atom. The van der Waals surface area contributed by atoms with Crippen molar-refractivity contribution >= 4 is 15.7 Å². The Balaban J connectivity index is 1.92. The molecule has 0 unspecified atom stereocenters. The van der Waals surface area contributed by atoms with E-state index in [0.717, 1.165) is 25.2 Å². The Labute approximate surface area is 121 Å². The Hall–Kier alpha value is -1.71. The molecule has 1 aromatic carbocycles. The van der Waals surface area contributed by atoms with Gasteiger partial charge in [-0.15, -0.1) is 0 Å². The number of benzene rings is 1. The second-order valence-electron chi connectivity index (χ2n) is 5.41. The van der Waals surface area contributed by atoms with Crippen LogP contribution in [0, 0.1) is 22.0 Å². The molecule has 2 heterocycles. The summed E-state index contributed by atoms with van der Waals surface area (Å²) >= 11 is 0. The van der Waals surface area contributed by atoms with Crippen molar-refractivity contribution in [2.75, 3.05) is 26.2 Å². The Kier molecular flexibility index (Phi) is 3.34. The van der Waals surface area contributed by atoms with Gasteiger partial charge in [-0.3, -0.25) is 10.1 Å². The molecule has 2 N–H and O–H groups in total. The molecule has 2 fully saturated rings. The standard InChI is InChI=1S/C12H15N3O5S/c16-12-2-1-10(3-11(12)15(17)18)21(19,20)14-6-8-4-13-5-9(8)7-14/h1-3,8-9,13,16H,4-7H2/t8-,9+. The van der Waals surface area contributed by atoms with E-state index < -0.39 is 26.4 Å². The predicted molar refractivity (Wildman–Crippen MR) is 73.4 cm³/mol. The van der Waals surface area contributed by atoms with Crippen LogP contribution >= 0.6 is 0 Å². The molecule has 8 nitrogen and oxygen atoms in total. The third kappa shape index (κ3) is 2.37. The summed E-state index contributed by atoms with van der Waals surface area (Å²) in [5.74, 6) is 0.0557. The average Bonchev–Trinajstić information content (AvgIpc) is 2.99. The molecule has 0 spiro atoms. The number of phenols is 1. The summed E-state index contributed by atoms with van der Waals surface area (Å²) < 4.78 is 26.5. The van der Waals surface area contributed by atoms with E-state index in [4.69, 9.17) is 0 Å². The number of aromatic hydroxyl groups is 1. The number of hydrogen-bond donors (Lipinski definition) is 2. The zero-order valence-electron chi connectivity index (χ0n) is 11.1. The van der Waals surface area contributed by atoms with Crippen molar-refractivity contribution in [2.24, 2.45) is 11.8 Å². The van der Waals surface area contributed by atoms with E-state index in [9.17, 15) is 23.6 Å². The molecule has 114 valence electrons. The van der Waals surface area contributed by atoms with Gasteiger partial charge in [-0.2, -0.15) is 4.31 Å². The first-order chi connectivity index (χ1) is 9.89. The second kappa shape index (κ2) is 4.93. The van der Waals surface area contributed by atoms with Crippen molar-refractivity contribution in [1.29, 1.82) is 0 Å². The molecular formula is C12H15N3O5S. The van der Waals surface area contributed by atoms with Crippen LogP contribution in [0.2, 0.25) is 0 Å². The lowest BCUT2D eigenvalue weighted by Crippen LogP contribution is -2.32. The monoisotopic (exact) mass is 313 g/mol. The molecule has 0 amide bonds. The summed E-state index contributed by atoms with van der Waals surface area (Å²) in [6.07, 6.45) is 0. The smallest absolute Gasteiger partial charge is 0.312 e. The Bertz CT molecular complexity index is 678. The van der Waals surface area contributed by atoms with Crippen LogP contribution in [-0.4, -0.2) is 48.9 Å². The summed E-state index contributed by atoms with van der Waals surface area (Å²) in [7, 11) is -3.76. The number of nitrogens with zero attached hydrogens (tertiary/aromatic N) is 2. The fraction of sp³-hybridized carbons (Fsp3) is 0.500. The van der Waals surface area contributed by atoms with Gasteiger partial charge < -0.3 is 10.4 Å². The van der Waals surface area contributed by atoms with E-state index in [1.165, 1.54) is 10.4 Å². The lowest BCUT2D eigenvalue weighted by atomic mass is 10.0. The molecule has 3 rings (SSSR count). The number of sulfonamides is 1. The zero-order valence-corrected chi connectivity index (χ0v) is 11.9. The summed E-state index contributed by atoms with van der Waals surface area (Å²) in [6.45, 7) is 2.45. The molecule has 2 atom stereocenters. The van der Waals surface area contributed by atoms with E-state index in [0.29, 0.717) is 24.9 Å². The minimum Gasteiger partial charge on any atom is -0.502 e. The largest absolute Gasteiger partial charge is 0.502 e. The third-order valence-corrected chi connectivity index (χ3v) is 5.96. The highest BCUT2D eigenvalue weighted by molar-refractivity contribution is 7.89. The quantitative estimate of drug-likeness (QED) is 0.606. The number of phenolic OH excluding ortho intramolecular Hbond substituents is 1. The minimum absolute atomic E-state index is 0.153. The fourth-order valence-electron chi connectivity index (χ4n) is 2.97. The number of nitro benzene ring substituents is 1. The van der Waals surface area contributed by atoms with Gasteiger partial charge in [0.25, 0.3) is 0 Å². The van der Waals surface area contributed by atoms with Crippen molar-refractivity contribution in [3.63, 3.8) is 0 Å². The maximum Gasteiger partial charge on any atom is 0.312 e. The molecule has 0 bridgehead atoms. The lowest BCUT2D eigenvalue weighted by molar-refractivity contribution is -0.386. The number of rotatable bonds is 3. The van der Waals surface area contributed by atoms with Crippen LogP contribution in [-0.2, 0) is 10.0 Å². The van der Waals surface area contributed by atoms with Crippen LogP contribution in [0.3, 0.4) is 0 Å². The topological polar surface area (TPSA) is 113 Å². The van der Waals surface area contributed by atoms with Crippen LogP contribution in [0.1, 0.15) is 0 Å². The summed E-state index contributed by atoms with van der Waals surface area (Å²) in [6, 6.07) is 3.16. The summed E-state index contributed by atoms with van der Waals surface area (Å²) in [5, 5.41) is 23.4. The minimum atomic E-state index is -3.76. The first-order valence-electron chi connectivity index (χ1n) is 6.58. The summed E-state index contributed by atoms with van der Waals surface area (Å²) in [4.78, 5) is 9.86. The van der Waals surface area contributed by atoms with Gasteiger partial charge in [0.05, 0.1) is 9.82 Å². The lowest BCUT2D eigenvalue weighted by Gasteiger charge is -2.17. The molecule has 9 heteroatoms. The maximum atomic E-state index is 12.6. The number of nitrogens with one attached hydrogen (secondary N) is 1. The van der Waals surface area contributed by atoms with Crippen LogP contribution in [0.25, 0.3) is 0 Å². The molecule has 0 saturated carbocycles. The van der Waals surface area contributed by atoms with Crippen molar-refractivity contribution in [3.05, 3.63) is 28.3 Å². The number of fused-ring (bicyclic) bond motifs is 1. The van der Waals surface area contributed by atoms with Gasteiger partial charge in [-0.05, 0) is 37.1 Å². The zero-order chi connectivity index (χ0) is 15.2. The van der Waals surface area contributed by atoms with Crippen LogP contribution in [0.5, 0.6) is 5.75 Å². The van der Waals surface area contributed by atoms with E-state index >= 15 is 0 Å². The second-order valence-corrected chi connectivity index (χ2v) is 7.35. The van der Waals surface area contributed by atoms with Gasteiger partial charge >= 0.3 is 5.69 Å². The van der Waals surface area contributed by atoms with Crippen molar-refractivity contribution < 1.29 is 18.4 Å². The van der Waals surface area contributed by atoms with Gasteiger partial charge in [-0.25, -0.2) is 8.42 Å². The molecule has 1 aromatic rings. The Morgan fingerprint density at radius 1 is 1.29 bits per heavy atom. The van der Waals surface area contributed by atoms with E-state index in [1.54, 1.807) is 0 Å². The maximum absolute atomic E-state index is 12.6. The molecule has 21 heavy (non-hydrogen) atoms. The molecule has 2 saturated heterocycles. The number of nitro groups is 1. The van der Waals surface area contributed by atoms with Crippen LogP contribution in [0.15, 0.2) is 23.1 Å². The molecule has 2 aliphatic rings.